The summed E-state index contributed by atoms with van der Waals surface area (Å²) in [6, 6.07) is 0. The summed E-state index contributed by atoms with van der Waals surface area (Å²) in [5.74, 6) is 0.0147. The molecule has 0 aromatic carbocycles. The third-order valence-corrected chi connectivity index (χ3v) is 4.52. The molecule has 0 saturated carbocycles. The highest BCUT2D eigenvalue weighted by Gasteiger charge is 2.30. The van der Waals surface area contributed by atoms with Gasteiger partial charge in [0.2, 0.25) is 5.95 Å². The Morgan fingerprint density at radius 1 is 1.54 bits per heavy atom. The monoisotopic (exact) mass is 356 g/mol. The first kappa shape index (κ1) is 16.9. The summed E-state index contributed by atoms with van der Waals surface area (Å²) < 4.78 is 26.0. The number of nitrogens with one attached hydrogen (secondary N) is 2. The summed E-state index contributed by atoms with van der Waals surface area (Å²) in [4.78, 5) is 22.4. The molecular formula is C12H19N7O4P+. The van der Waals surface area contributed by atoms with Gasteiger partial charge in [-0.15, -0.1) is 4.52 Å². The predicted octanol–water partition coefficient (Wildman–Crippen LogP) is -0.576. The minimum atomic E-state index is -1.88. The Balaban J connectivity index is 1.75. The molecule has 3 heterocycles. The molecule has 1 aliphatic rings. The first-order valence-corrected chi connectivity index (χ1v) is 8.44. The Bertz CT molecular complexity index is 804. The van der Waals surface area contributed by atoms with Crippen LogP contribution in [0.5, 0.6) is 0 Å². The van der Waals surface area contributed by atoms with Crippen LogP contribution in [0.15, 0.2) is 11.1 Å². The molecule has 12 heteroatoms. The molecule has 2 aromatic rings. The molecular weight excluding hydrogens is 337 g/mol. The Hall–Kier alpha value is -1.91. The molecule has 0 radical (unpaired) electrons. The van der Waals surface area contributed by atoms with Crippen LogP contribution in [0.1, 0.15) is 6.23 Å². The fourth-order valence-corrected chi connectivity index (χ4v) is 2.89. The van der Waals surface area contributed by atoms with Crippen molar-refractivity contribution in [2.45, 2.75) is 12.3 Å². The van der Waals surface area contributed by atoms with E-state index in [1.54, 1.807) is 18.7 Å². The highest BCUT2D eigenvalue weighted by atomic mass is 31.1. The molecule has 1 saturated heterocycles. The Kier molecular flexibility index (Phi) is 4.88. The number of rotatable bonds is 5. The zero-order valence-corrected chi connectivity index (χ0v) is 14.2. The predicted molar refractivity (Wildman–Crippen MR) is 86.6 cm³/mol. The Labute approximate surface area is 138 Å². The summed E-state index contributed by atoms with van der Waals surface area (Å²) in [6.45, 7) is 1.26. The number of morpholine rings is 1. The van der Waals surface area contributed by atoms with E-state index in [9.17, 15) is 9.36 Å². The number of nitrogen functional groups attached to an aromatic ring is 1. The molecule has 0 amide bonds. The van der Waals surface area contributed by atoms with Crippen LogP contribution in [-0.2, 0) is 13.8 Å². The zero-order chi connectivity index (χ0) is 17.3. The van der Waals surface area contributed by atoms with E-state index in [-0.39, 0.29) is 24.2 Å². The van der Waals surface area contributed by atoms with Crippen molar-refractivity contribution < 1.29 is 13.8 Å². The number of hydrogen-bond acceptors (Lipinski definition) is 8. The summed E-state index contributed by atoms with van der Waals surface area (Å²) in [6.07, 6.45) is 0.769. The number of H-pyrrole nitrogens is 1. The lowest BCUT2D eigenvalue weighted by Crippen LogP contribution is -2.44. The van der Waals surface area contributed by atoms with Crippen LogP contribution in [0.3, 0.4) is 0 Å². The number of nitrogens with two attached hydrogens (primary N) is 1. The van der Waals surface area contributed by atoms with Gasteiger partial charge in [0, 0.05) is 27.2 Å². The SMILES string of the molecule is CN(C)[P+](=O)OCC1CNCC(n2cnc3c(=O)[nH]c(N)nc32)O1. The van der Waals surface area contributed by atoms with Crippen molar-refractivity contribution in [1.29, 1.82) is 0 Å². The molecule has 3 rings (SSSR count). The van der Waals surface area contributed by atoms with Gasteiger partial charge in [-0.05, 0) is 4.57 Å². The quantitative estimate of drug-likeness (QED) is 0.600. The Morgan fingerprint density at radius 3 is 3.08 bits per heavy atom. The van der Waals surface area contributed by atoms with E-state index >= 15 is 0 Å². The second-order valence-corrected chi connectivity index (χ2v) is 7.06. The van der Waals surface area contributed by atoms with Gasteiger partial charge in [-0.1, -0.05) is 4.67 Å². The average molecular weight is 356 g/mol. The number of nitrogens with zero attached hydrogens (tertiary/aromatic N) is 4. The number of aromatic nitrogens is 4. The van der Waals surface area contributed by atoms with E-state index in [4.69, 9.17) is 15.0 Å². The van der Waals surface area contributed by atoms with Gasteiger partial charge >= 0.3 is 8.18 Å². The standard InChI is InChI=1S/C12H18N7O4P/c1-18(2)24(21)22-5-7-3-14-4-8(23-7)19-6-15-9-10(19)16-12(13)17-11(9)20/h6-8,14H,3-5H2,1-2H3,(H2-,13,16,17,20)/p+1. The lowest BCUT2D eigenvalue weighted by atomic mass is 10.3. The molecule has 1 aliphatic heterocycles. The van der Waals surface area contributed by atoms with Gasteiger partial charge in [0.05, 0.1) is 6.33 Å². The van der Waals surface area contributed by atoms with E-state index in [0.29, 0.717) is 18.7 Å². The number of anilines is 1. The van der Waals surface area contributed by atoms with Gasteiger partial charge in [0.1, 0.15) is 18.9 Å². The molecule has 1 fully saturated rings. The molecule has 2 aromatic heterocycles. The molecule has 3 atom stereocenters. The van der Waals surface area contributed by atoms with E-state index < -0.39 is 20.0 Å². The highest BCUT2D eigenvalue weighted by molar-refractivity contribution is 7.36. The average Bonchev–Trinajstić information content (AvgIpc) is 2.96. The second-order valence-electron chi connectivity index (χ2n) is 5.53. The molecule has 24 heavy (non-hydrogen) atoms. The number of imidazole rings is 1. The number of fused-ring (bicyclic) bond motifs is 1. The fraction of sp³-hybridized carbons (Fsp3) is 0.583. The van der Waals surface area contributed by atoms with Gasteiger partial charge in [-0.2, -0.15) is 4.98 Å². The van der Waals surface area contributed by atoms with E-state index in [1.165, 1.54) is 11.0 Å². The molecule has 0 aliphatic carbocycles. The van der Waals surface area contributed by atoms with Crippen LogP contribution in [0.4, 0.5) is 5.95 Å². The summed E-state index contributed by atoms with van der Waals surface area (Å²) in [5, 5.41) is 3.21. The lowest BCUT2D eigenvalue weighted by Gasteiger charge is -2.30. The van der Waals surface area contributed by atoms with Gasteiger partial charge in [-0.3, -0.25) is 14.3 Å². The highest BCUT2D eigenvalue weighted by Crippen LogP contribution is 2.26. The minimum Gasteiger partial charge on any atom is -0.369 e. The van der Waals surface area contributed by atoms with Crippen molar-refractivity contribution in [2.75, 3.05) is 39.5 Å². The normalized spacial score (nSPS) is 22.2. The third-order valence-electron chi connectivity index (χ3n) is 3.50. The number of ether oxygens (including phenoxy) is 1. The van der Waals surface area contributed by atoms with Gasteiger partial charge in [0.15, 0.2) is 11.2 Å². The smallest absolute Gasteiger partial charge is 0.369 e. The minimum absolute atomic E-state index is 0.0147. The van der Waals surface area contributed by atoms with E-state index in [0.717, 1.165) is 0 Å². The molecule has 4 N–H and O–H groups in total. The maximum atomic E-state index is 11.8. The van der Waals surface area contributed by atoms with Crippen LogP contribution >= 0.6 is 8.18 Å². The van der Waals surface area contributed by atoms with Gasteiger partial charge in [0.25, 0.3) is 5.56 Å². The van der Waals surface area contributed by atoms with E-state index in [2.05, 4.69) is 20.3 Å². The van der Waals surface area contributed by atoms with Crippen LogP contribution in [0.2, 0.25) is 0 Å². The van der Waals surface area contributed by atoms with Crippen molar-refractivity contribution in [2.24, 2.45) is 0 Å². The van der Waals surface area contributed by atoms with Crippen molar-refractivity contribution in [3.8, 4) is 0 Å². The molecule has 11 nitrogen and oxygen atoms in total. The van der Waals surface area contributed by atoms with Gasteiger partial charge in [-0.25, -0.2) is 4.98 Å². The number of aromatic amines is 1. The van der Waals surface area contributed by atoms with Crippen molar-refractivity contribution >= 4 is 25.3 Å². The summed E-state index contributed by atoms with van der Waals surface area (Å²) in [5.41, 5.74) is 5.74. The second kappa shape index (κ2) is 6.91. The lowest BCUT2D eigenvalue weighted by molar-refractivity contribution is -0.0893. The fourth-order valence-electron chi connectivity index (χ4n) is 2.36. The van der Waals surface area contributed by atoms with Crippen LogP contribution in [-0.4, -0.2) is 64.1 Å². The molecule has 130 valence electrons. The Morgan fingerprint density at radius 2 is 2.33 bits per heavy atom. The molecule has 0 spiro atoms. The van der Waals surface area contributed by atoms with Crippen LogP contribution in [0.25, 0.3) is 11.2 Å². The topological polar surface area (TPSA) is 140 Å². The molecule has 0 bridgehead atoms. The largest absolute Gasteiger partial charge is 0.615 e. The van der Waals surface area contributed by atoms with Crippen molar-refractivity contribution in [1.82, 2.24) is 29.5 Å². The van der Waals surface area contributed by atoms with Gasteiger partial charge < -0.3 is 15.8 Å². The van der Waals surface area contributed by atoms with Crippen LogP contribution in [0, 0.1) is 0 Å². The van der Waals surface area contributed by atoms with Crippen molar-refractivity contribution in [3.63, 3.8) is 0 Å². The summed E-state index contributed by atoms with van der Waals surface area (Å²) >= 11 is 0. The third kappa shape index (κ3) is 3.45. The maximum absolute atomic E-state index is 11.8. The van der Waals surface area contributed by atoms with Crippen LogP contribution < -0.4 is 16.6 Å². The zero-order valence-electron chi connectivity index (χ0n) is 13.3. The molecule has 3 unspecified atom stereocenters. The first-order valence-electron chi connectivity index (χ1n) is 7.31. The van der Waals surface area contributed by atoms with E-state index in [1.807, 2.05) is 0 Å². The first-order chi connectivity index (χ1) is 11.5. The van der Waals surface area contributed by atoms with Crippen molar-refractivity contribution in [3.05, 3.63) is 16.7 Å². The number of hydrogen-bond donors (Lipinski definition) is 3. The maximum Gasteiger partial charge on any atom is 0.615 e. The summed E-state index contributed by atoms with van der Waals surface area (Å²) in [7, 11) is 1.47.